The molecule has 0 atom stereocenters. The Labute approximate surface area is 230 Å². The Hall–Kier alpha value is -3.97. The van der Waals surface area contributed by atoms with Crippen molar-refractivity contribution in [2.24, 2.45) is 5.10 Å². The molecule has 0 N–H and O–H groups in total. The molecule has 7 heteroatoms. The van der Waals surface area contributed by atoms with Crippen LogP contribution in [0.25, 0.3) is 21.7 Å². The summed E-state index contributed by atoms with van der Waals surface area (Å²) in [6.07, 6.45) is 3.17. The molecule has 5 aromatic rings. The minimum absolute atomic E-state index is 0.195. The molecule has 5 rings (SSSR count). The fourth-order valence-electron chi connectivity index (χ4n) is 4.43. The van der Waals surface area contributed by atoms with Crippen LogP contribution in [0.15, 0.2) is 93.2 Å². The predicted molar refractivity (Wildman–Crippen MR) is 160 cm³/mol. The summed E-state index contributed by atoms with van der Waals surface area (Å²) in [6.45, 7) is 2.47. The summed E-state index contributed by atoms with van der Waals surface area (Å²) in [6, 6.07) is 26.0. The number of aromatic nitrogens is 2. The first-order chi connectivity index (χ1) is 18.4. The van der Waals surface area contributed by atoms with Crippen LogP contribution in [0, 0.1) is 0 Å². The highest BCUT2D eigenvalue weighted by Crippen LogP contribution is 2.27. The highest BCUT2D eigenvalue weighted by Gasteiger charge is 2.12. The van der Waals surface area contributed by atoms with Gasteiger partial charge in [-0.15, -0.1) is 0 Å². The summed E-state index contributed by atoms with van der Waals surface area (Å²) in [5.41, 5.74) is 3.37. The van der Waals surface area contributed by atoms with E-state index >= 15 is 0 Å². The monoisotopic (exact) mass is 568 g/mol. The van der Waals surface area contributed by atoms with E-state index in [0.29, 0.717) is 35.5 Å². The molecule has 6 nitrogen and oxygen atoms in total. The van der Waals surface area contributed by atoms with Gasteiger partial charge in [0.25, 0.3) is 5.56 Å². The molecule has 1 aromatic heterocycles. The van der Waals surface area contributed by atoms with Crippen LogP contribution in [0.1, 0.15) is 30.3 Å². The van der Waals surface area contributed by atoms with Crippen LogP contribution in [-0.2, 0) is 13.0 Å². The van der Waals surface area contributed by atoms with Crippen LogP contribution >= 0.6 is 15.9 Å². The van der Waals surface area contributed by atoms with Crippen LogP contribution < -0.4 is 15.2 Å². The zero-order valence-electron chi connectivity index (χ0n) is 21.7. The summed E-state index contributed by atoms with van der Waals surface area (Å²) < 4.78 is 8.61. The van der Waals surface area contributed by atoms with E-state index in [1.165, 1.54) is 10.1 Å². The Kier molecular flexibility index (Phi) is 7.56. The lowest BCUT2D eigenvalue weighted by Crippen LogP contribution is -2.22. The zero-order valence-corrected chi connectivity index (χ0v) is 23.3. The van der Waals surface area contributed by atoms with Crippen LogP contribution in [0.3, 0.4) is 0 Å². The molecule has 0 spiro atoms. The second kappa shape index (κ2) is 11.2. The summed E-state index contributed by atoms with van der Waals surface area (Å²) in [7, 11) is 3.99. The van der Waals surface area contributed by atoms with Crippen LogP contribution in [0.5, 0.6) is 5.75 Å². The lowest BCUT2D eigenvalue weighted by molar-refractivity contribution is 0.307. The standard InChI is InChI=1S/C31H29BrN4O2/c1-4-8-30-34-28-16-14-24(32)17-27(28)31(37)36(30)33-19-22-13-15-25(35(2)3)18-29(22)38-20-23-11-7-10-21-9-5-6-12-26(21)23/h5-7,9-19H,4,8,20H2,1-3H3. The van der Waals surface area contributed by atoms with Crippen molar-refractivity contribution < 1.29 is 4.74 Å². The molecule has 4 aromatic carbocycles. The maximum Gasteiger partial charge on any atom is 0.282 e. The summed E-state index contributed by atoms with van der Waals surface area (Å²) >= 11 is 3.46. The van der Waals surface area contributed by atoms with E-state index in [9.17, 15) is 4.79 Å². The quantitative estimate of drug-likeness (QED) is 0.193. The molecule has 38 heavy (non-hydrogen) atoms. The van der Waals surface area contributed by atoms with Gasteiger partial charge in [0, 0.05) is 42.3 Å². The van der Waals surface area contributed by atoms with E-state index in [4.69, 9.17) is 9.72 Å². The third kappa shape index (κ3) is 5.34. The first-order valence-corrected chi connectivity index (χ1v) is 13.4. The first kappa shape index (κ1) is 25.7. The third-order valence-corrected chi connectivity index (χ3v) is 6.93. The van der Waals surface area contributed by atoms with E-state index in [1.807, 2.05) is 67.5 Å². The topological polar surface area (TPSA) is 59.7 Å². The van der Waals surface area contributed by atoms with Crippen molar-refractivity contribution in [1.29, 1.82) is 0 Å². The number of anilines is 1. The molecule has 1 heterocycles. The van der Waals surface area contributed by atoms with Crippen molar-refractivity contribution >= 4 is 49.5 Å². The molecule has 0 saturated carbocycles. The predicted octanol–water partition coefficient (Wildman–Crippen LogP) is 6.79. The number of aryl methyl sites for hydroxylation is 1. The van der Waals surface area contributed by atoms with E-state index in [2.05, 4.69) is 52.2 Å². The van der Waals surface area contributed by atoms with Crippen LogP contribution in [0.2, 0.25) is 0 Å². The Bertz CT molecular complexity index is 1700. The van der Waals surface area contributed by atoms with Gasteiger partial charge in [0.15, 0.2) is 0 Å². The largest absolute Gasteiger partial charge is 0.488 e. The smallest absolute Gasteiger partial charge is 0.282 e. The molecule has 0 fully saturated rings. The zero-order chi connectivity index (χ0) is 26.6. The van der Waals surface area contributed by atoms with Crippen molar-refractivity contribution in [3.8, 4) is 5.75 Å². The third-order valence-electron chi connectivity index (χ3n) is 6.44. The van der Waals surface area contributed by atoms with Gasteiger partial charge in [-0.3, -0.25) is 4.79 Å². The van der Waals surface area contributed by atoms with E-state index in [0.717, 1.165) is 33.1 Å². The van der Waals surface area contributed by atoms with Crippen LogP contribution in [-0.4, -0.2) is 30.0 Å². The van der Waals surface area contributed by atoms with E-state index in [-0.39, 0.29) is 5.56 Å². The first-order valence-electron chi connectivity index (χ1n) is 12.6. The number of benzene rings is 4. The molecule has 0 aliphatic heterocycles. The Morgan fingerprint density at radius 3 is 2.63 bits per heavy atom. The molecule has 0 saturated heterocycles. The molecular formula is C31H29BrN4O2. The van der Waals surface area contributed by atoms with Gasteiger partial charge in [-0.05, 0) is 53.1 Å². The van der Waals surface area contributed by atoms with Gasteiger partial charge in [0.1, 0.15) is 18.2 Å². The second-order valence-electron chi connectivity index (χ2n) is 9.34. The second-order valence-corrected chi connectivity index (χ2v) is 10.3. The average molecular weight is 570 g/mol. The molecular weight excluding hydrogens is 540 g/mol. The molecule has 192 valence electrons. The molecule has 0 bridgehead atoms. The number of halogens is 1. The lowest BCUT2D eigenvalue weighted by Gasteiger charge is -2.17. The number of ether oxygens (including phenoxy) is 1. The molecule has 0 unspecified atom stereocenters. The van der Waals surface area contributed by atoms with Gasteiger partial charge in [-0.2, -0.15) is 9.78 Å². The van der Waals surface area contributed by atoms with Crippen molar-refractivity contribution in [3.05, 3.63) is 111 Å². The summed E-state index contributed by atoms with van der Waals surface area (Å²) in [4.78, 5) is 20.2. The maximum absolute atomic E-state index is 13.4. The average Bonchev–Trinajstić information content (AvgIpc) is 2.92. The number of hydrogen-bond donors (Lipinski definition) is 0. The molecule has 0 radical (unpaired) electrons. The number of rotatable bonds is 8. The van der Waals surface area contributed by atoms with Gasteiger partial charge in [0.05, 0.1) is 17.1 Å². The van der Waals surface area contributed by atoms with Gasteiger partial charge in [0.2, 0.25) is 0 Å². The SMILES string of the molecule is CCCc1nc2ccc(Br)cc2c(=O)n1N=Cc1ccc(N(C)C)cc1OCc1cccc2ccccc12. The number of hydrogen-bond acceptors (Lipinski definition) is 5. The minimum atomic E-state index is -0.195. The fraction of sp³-hybridized carbons (Fsp3) is 0.194. The molecule has 0 aliphatic rings. The highest BCUT2D eigenvalue weighted by atomic mass is 79.9. The van der Waals surface area contributed by atoms with Crippen molar-refractivity contribution in [3.63, 3.8) is 0 Å². The molecule has 0 amide bonds. The van der Waals surface area contributed by atoms with E-state index in [1.54, 1.807) is 12.3 Å². The Morgan fingerprint density at radius 1 is 1.00 bits per heavy atom. The Morgan fingerprint density at radius 2 is 1.82 bits per heavy atom. The van der Waals surface area contributed by atoms with Crippen molar-refractivity contribution in [2.75, 3.05) is 19.0 Å². The van der Waals surface area contributed by atoms with E-state index < -0.39 is 0 Å². The number of fused-ring (bicyclic) bond motifs is 2. The lowest BCUT2D eigenvalue weighted by atomic mass is 10.1. The summed E-state index contributed by atoms with van der Waals surface area (Å²) in [5, 5.41) is 7.48. The van der Waals surface area contributed by atoms with Gasteiger partial charge >= 0.3 is 0 Å². The van der Waals surface area contributed by atoms with Gasteiger partial charge < -0.3 is 9.64 Å². The number of nitrogens with zero attached hydrogens (tertiary/aromatic N) is 4. The van der Waals surface area contributed by atoms with Gasteiger partial charge in [-0.1, -0.05) is 65.3 Å². The highest BCUT2D eigenvalue weighted by molar-refractivity contribution is 9.10. The fourth-order valence-corrected chi connectivity index (χ4v) is 4.79. The normalized spacial score (nSPS) is 11.5. The molecule has 0 aliphatic carbocycles. The maximum atomic E-state index is 13.4. The van der Waals surface area contributed by atoms with Gasteiger partial charge in [-0.25, -0.2) is 4.98 Å². The van der Waals surface area contributed by atoms with Crippen molar-refractivity contribution in [1.82, 2.24) is 9.66 Å². The van der Waals surface area contributed by atoms with Crippen LogP contribution in [0.4, 0.5) is 5.69 Å². The summed E-state index contributed by atoms with van der Waals surface area (Å²) in [5.74, 6) is 1.32. The Balaban J connectivity index is 1.54. The minimum Gasteiger partial charge on any atom is -0.488 e. The van der Waals surface area contributed by atoms with Crippen molar-refractivity contribution in [2.45, 2.75) is 26.4 Å².